The molecular formula is C23H28O5. The van der Waals surface area contributed by atoms with Crippen LogP contribution in [0.1, 0.15) is 60.7 Å². The molecule has 0 saturated carbocycles. The molecule has 5 heteroatoms. The van der Waals surface area contributed by atoms with Gasteiger partial charge in [-0.3, -0.25) is 0 Å². The van der Waals surface area contributed by atoms with Crippen LogP contribution in [-0.4, -0.2) is 25.2 Å². The van der Waals surface area contributed by atoms with Crippen molar-refractivity contribution < 1.29 is 23.8 Å². The quantitative estimate of drug-likeness (QED) is 0.316. The molecule has 150 valence electrons. The van der Waals surface area contributed by atoms with E-state index in [0.717, 1.165) is 25.0 Å². The fourth-order valence-electron chi connectivity index (χ4n) is 2.32. The Morgan fingerprint density at radius 3 is 1.96 bits per heavy atom. The normalized spacial score (nSPS) is 10.6. The summed E-state index contributed by atoms with van der Waals surface area (Å²) >= 11 is 0. The van der Waals surface area contributed by atoms with Crippen molar-refractivity contribution in [2.24, 2.45) is 5.92 Å². The zero-order valence-corrected chi connectivity index (χ0v) is 16.8. The molecule has 2 aromatic carbocycles. The van der Waals surface area contributed by atoms with Crippen LogP contribution in [0.4, 0.5) is 0 Å². The van der Waals surface area contributed by atoms with Gasteiger partial charge in [-0.15, -0.1) is 0 Å². The van der Waals surface area contributed by atoms with Gasteiger partial charge in [0.25, 0.3) is 0 Å². The first-order chi connectivity index (χ1) is 13.5. The molecule has 28 heavy (non-hydrogen) atoms. The Morgan fingerprint density at radius 1 is 0.821 bits per heavy atom. The molecule has 0 atom stereocenters. The SMILES string of the molecule is CCCCOC(=O)c1ccc(OC(=O)c2ccc(OCCC(C)C)cc2)cc1. The molecule has 0 aliphatic heterocycles. The molecule has 0 radical (unpaired) electrons. The average molecular weight is 384 g/mol. The molecule has 0 fully saturated rings. The molecule has 0 N–H and O–H groups in total. The average Bonchev–Trinajstić information content (AvgIpc) is 2.69. The maximum atomic E-state index is 12.3. The molecule has 0 saturated heterocycles. The Morgan fingerprint density at radius 2 is 1.39 bits per heavy atom. The molecule has 0 amide bonds. The van der Waals surface area contributed by atoms with Crippen molar-refractivity contribution in [3.05, 3.63) is 59.7 Å². The maximum absolute atomic E-state index is 12.3. The van der Waals surface area contributed by atoms with E-state index in [4.69, 9.17) is 14.2 Å². The van der Waals surface area contributed by atoms with Crippen molar-refractivity contribution in [1.82, 2.24) is 0 Å². The summed E-state index contributed by atoms with van der Waals surface area (Å²) in [4.78, 5) is 24.1. The second-order valence-electron chi connectivity index (χ2n) is 6.96. The summed E-state index contributed by atoms with van der Waals surface area (Å²) < 4.78 is 16.2. The second kappa shape index (κ2) is 11.1. The monoisotopic (exact) mass is 384 g/mol. The minimum atomic E-state index is -0.466. The van der Waals surface area contributed by atoms with E-state index in [2.05, 4.69) is 13.8 Å². The number of esters is 2. The number of ether oxygens (including phenoxy) is 3. The highest BCUT2D eigenvalue weighted by molar-refractivity contribution is 5.92. The second-order valence-corrected chi connectivity index (χ2v) is 6.96. The summed E-state index contributed by atoms with van der Waals surface area (Å²) in [5.74, 6) is 0.834. The Hall–Kier alpha value is -2.82. The van der Waals surface area contributed by atoms with Crippen LogP contribution in [0, 0.1) is 5.92 Å². The summed E-state index contributed by atoms with van der Waals surface area (Å²) in [5, 5.41) is 0. The molecule has 0 bridgehead atoms. The van der Waals surface area contributed by atoms with Gasteiger partial charge in [0.2, 0.25) is 0 Å². The van der Waals surface area contributed by atoms with Gasteiger partial charge in [0, 0.05) is 0 Å². The first-order valence-electron chi connectivity index (χ1n) is 9.71. The van der Waals surface area contributed by atoms with Crippen LogP contribution in [0.2, 0.25) is 0 Å². The first kappa shape index (κ1) is 21.5. The molecule has 0 aliphatic carbocycles. The third kappa shape index (κ3) is 7.06. The lowest BCUT2D eigenvalue weighted by Gasteiger charge is -2.09. The lowest BCUT2D eigenvalue weighted by Crippen LogP contribution is -2.09. The third-order valence-corrected chi connectivity index (χ3v) is 4.09. The first-order valence-corrected chi connectivity index (χ1v) is 9.71. The minimum absolute atomic E-state index is 0.368. The van der Waals surface area contributed by atoms with Gasteiger partial charge in [-0.25, -0.2) is 9.59 Å². The molecule has 0 aliphatic rings. The predicted molar refractivity (Wildman–Crippen MR) is 108 cm³/mol. The number of carbonyl (C=O) groups excluding carboxylic acids is 2. The standard InChI is InChI=1S/C23H28O5/c1-4-5-15-27-22(24)18-8-12-21(13-9-18)28-23(25)19-6-10-20(11-7-19)26-16-14-17(2)3/h6-13,17H,4-5,14-16H2,1-3H3. The van der Waals surface area contributed by atoms with Crippen molar-refractivity contribution in [3.63, 3.8) is 0 Å². The van der Waals surface area contributed by atoms with E-state index in [1.807, 2.05) is 6.92 Å². The van der Waals surface area contributed by atoms with Gasteiger partial charge in [0.05, 0.1) is 24.3 Å². The summed E-state index contributed by atoms with van der Waals surface area (Å²) in [7, 11) is 0. The largest absolute Gasteiger partial charge is 0.494 e. The van der Waals surface area contributed by atoms with Crippen molar-refractivity contribution >= 4 is 11.9 Å². The van der Waals surface area contributed by atoms with Crippen LogP contribution in [-0.2, 0) is 4.74 Å². The number of hydrogen-bond acceptors (Lipinski definition) is 5. The summed E-state index contributed by atoms with van der Waals surface area (Å²) in [6.07, 6.45) is 2.78. The Balaban J connectivity index is 1.87. The molecular weight excluding hydrogens is 356 g/mol. The zero-order valence-electron chi connectivity index (χ0n) is 16.8. The van der Waals surface area contributed by atoms with Gasteiger partial charge in [0.1, 0.15) is 11.5 Å². The van der Waals surface area contributed by atoms with Crippen LogP contribution in [0.25, 0.3) is 0 Å². The van der Waals surface area contributed by atoms with Crippen molar-refractivity contribution in [3.8, 4) is 11.5 Å². The van der Waals surface area contributed by atoms with E-state index in [9.17, 15) is 9.59 Å². The van der Waals surface area contributed by atoms with Crippen LogP contribution < -0.4 is 9.47 Å². The van der Waals surface area contributed by atoms with E-state index in [0.29, 0.717) is 36.0 Å². The van der Waals surface area contributed by atoms with Crippen molar-refractivity contribution in [2.75, 3.05) is 13.2 Å². The molecule has 0 heterocycles. The molecule has 5 nitrogen and oxygen atoms in total. The topological polar surface area (TPSA) is 61.8 Å². The summed E-state index contributed by atoms with van der Waals surface area (Å²) in [6, 6.07) is 13.2. The molecule has 2 rings (SSSR count). The molecule has 2 aromatic rings. The van der Waals surface area contributed by atoms with Crippen molar-refractivity contribution in [2.45, 2.75) is 40.0 Å². The van der Waals surface area contributed by atoms with Gasteiger partial charge in [-0.2, -0.15) is 0 Å². The van der Waals surface area contributed by atoms with E-state index in [1.54, 1.807) is 48.5 Å². The Bertz CT molecular complexity index is 748. The van der Waals surface area contributed by atoms with Gasteiger partial charge in [0.15, 0.2) is 0 Å². The van der Waals surface area contributed by atoms with Crippen LogP contribution in [0.15, 0.2) is 48.5 Å². The summed E-state index contributed by atoms with van der Waals surface area (Å²) in [5.41, 5.74) is 0.859. The van der Waals surface area contributed by atoms with E-state index >= 15 is 0 Å². The van der Waals surface area contributed by atoms with E-state index < -0.39 is 5.97 Å². The molecule has 0 spiro atoms. The minimum Gasteiger partial charge on any atom is -0.494 e. The van der Waals surface area contributed by atoms with Gasteiger partial charge in [-0.05, 0) is 67.3 Å². The van der Waals surface area contributed by atoms with Crippen LogP contribution in [0.5, 0.6) is 11.5 Å². The molecule has 0 unspecified atom stereocenters. The van der Waals surface area contributed by atoms with Gasteiger partial charge in [-0.1, -0.05) is 27.2 Å². The maximum Gasteiger partial charge on any atom is 0.343 e. The summed E-state index contributed by atoms with van der Waals surface area (Å²) in [6.45, 7) is 7.37. The number of rotatable bonds is 10. The third-order valence-electron chi connectivity index (χ3n) is 4.09. The van der Waals surface area contributed by atoms with E-state index in [-0.39, 0.29) is 5.97 Å². The number of benzene rings is 2. The number of carbonyl (C=O) groups is 2. The number of unbranched alkanes of at least 4 members (excludes halogenated alkanes) is 1. The van der Waals surface area contributed by atoms with Gasteiger partial charge >= 0.3 is 11.9 Å². The molecule has 0 aromatic heterocycles. The zero-order chi connectivity index (χ0) is 20.4. The fraction of sp³-hybridized carbons (Fsp3) is 0.391. The highest BCUT2D eigenvalue weighted by Crippen LogP contribution is 2.17. The van der Waals surface area contributed by atoms with Crippen molar-refractivity contribution in [1.29, 1.82) is 0 Å². The highest BCUT2D eigenvalue weighted by Gasteiger charge is 2.11. The van der Waals surface area contributed by atoms with Crippen LogP contribution in [0.3, 0.4) is 0 Å². The van der Waals surface area contributed by atoms with Gasteiger partial charge < -0.3 is 14.2 Å². The lowest BCUT2D eigenvalue weighted by atomic mass is 10.1. The number of hydrogen-bond donors (Lipinski definition) is 0. The highest BCUT2D eigenvalue weighted by atomic mass is 16.5. The van der Waals surface area contributed by atoms with Crippen LogP contribution >= 0.6 is 0 Å². The Kier molecular flexibility index (Phi) is 8.53. The Labute approximate surface area is 166 Å². The fourth-order valence-corrected chi connectivity index (χ4v) is 2.32. The smallest absolute Gasteiger partial charge is 0.343 e. The van der Waals surface area contributed by atoms with E-state index in [1.165, 1.54) is 0 Å². The predicted octanol–water partition coefficient (Wildman–Crippen LogP) is 5.29. The lowest BCUT2D eigenvalue weighted by molar-refractivity contribution is 0.0499.